The molecule has 0 bridgehead atoms. The van der Waals surface area contributed by atoms with Gasteiger partial charge in [-0.05, 0) is 39.6 Å². The highest BCUT2D eigenvalue weighted by molar-refractivity contribution is 7.79. The molecule has 0 heterocycles. The number of carbonyl (C=O) groups is 2. The number of esters is 2. The second-order valence-corrected chi connectivity index (χ2v) is 13.0. The van der Waals surface area contributed by atoms with Crippen LogP contribution in [0.2, 0.25) is 0 Å². The topological polar surface area (TPSA) is 69.7 Å². The zero-order chi connectivity index (χ0) is 29.0. The summed E-state index contributed by atoms with van der Waals surface area (Å²) in [5, 5.41) is 4.69. The maximum atomic E-state index is 15.8. The molecule has 1 atom stereocenters. The summed E-state index contributed by atoms with van der Waals surface area (Å²) in [7, 11) is -0.819. The van der Waals surface area contributed by atoms with Gasteiger partial charge in [-0.2, -0.15) is 0 Å². The van der Waals surface area contributed by atoms with Crippen molar-refractivity contribution < 1.29 is 23.6 Å². The number of rotatable bonds is 9. The van der Waals surface area contributed by atoms with Crippen LogP contribution in [-0.2, 0) is 14.0 Å². The van der Waals surface area contributed by atoms with Crippen LogP contribution in [-0.4, -0.2) is 26.2 Å². The molecule has 0 aromatic heterocycles. The summed E-state index contributed by atoms with van der Waals surface area (Å²) >= 11 is 0. The molecule has 0 fully saturated rings. The van der Waals surface area contributed by atoms with Crippen LogP contribution in [0, 0.1) is 0 Å². The Morgan fingerprint density at radius 1 is 0.683 bits per heavy atom. The third-order valence-electron chi connectivity index (χ3n) is 7.77. The maximum absolute atomic E-state index is 15.8. The van der Waals surface area contributed by atoms with Crippen molar-refractivity contribution in [1.82, 2.24) is 0 Å². The Morgan fingerprint density at radius 3 is 1.83 bits per heavy atom. The van der Waals surface area contributed by atoms with E-state index in [0.717, 1.165) is 29.0 Å². The summed E-state index contributed by atoms with van der Waals surface area (Å²) in [6.07, 6.45) is 2.18. The van der Waals surface area contributed by atoms with Gasteiger partial charge in [0, 0.05) is 16.3 Å². The maximum Gasteiger partial charge on any atom is 0.339 e. The fourth-order valence-electron chi connectivity index (χ4n) is 5.81. The quantitative estimate of drug-likeness (QED) is 0.104. The molecule has 0 aliphatic rings. The number of carbonyl (C=O) groups excluding carboxylic acids is 2. The first kappa shape index (κ1) is 28.3. The summed E-state index contributed by atoms with van der Waals surface area (Å²) in [5.74, 6) is -1.30. The molecule has 0 saturated heterocycles. The summed E-state index contributed by atoms with van der Waals surface area (Å²) in [4.78, 5) is 27.1. The lowest BCUT2D eigenvalue weighted by Gasteiger charge is -2.31. The Morgan fingerprint density at radius 2 is 1.24 bits per heavy atom. The molecular weight excluding hydrogens is 531 g/mol. The van der Waals surface area contributed by atoms with Gasteiger partial charge in [0.25, 0.3) is 0 Å². The number of fused-ring (bicyclic) bond motifs is 3. The molecular formula is C35H33O5P. The van der Waals surface area contributed by atoms with E-state index in [-0.39, 0.29) is 11.1 Å². The third kappa shape index (κ3) is 5.07. The largest absolute Gasteiger partial charge is 0.465 e. The van der Waals surface area contributed by atoms with E-state index in [2.05, 4.69) is 6.92 Å². The summed E-state index contributed by atoms with van der Waals surface area (Å²) in [6.45, 7) is 2.09. The van der Waals surface area contributed by atoms with E-state index < -0.39 is 24.7 Å². The average molecular weight is 565 g/mol. The van der Waals surface area contributed by atoms with E-state index in [1.54, 1.807) is 0 Å². The van der Waals surface area contributed by atoms with Gasteiger partial charge in [-0.15, -0.1) is 0 Å². The minimum atomic E-state index is -3.42. The molecule has 0 saturated carbocycles. The van der Waals surface area contributed by atoms with Gasteiger partial charge >= 0.3 is 11.9 Å². The molecule has 0 radical (unpaired) electrons. The fourth-order valence-corrected chi connectivity index (χ4v) is 9.20. The molecule has 5 nitrogen and oxygen atoms in total. The number of unbranched alkanes of at least 4 members (excludes halogenated alkanes) is 1. The highest BCUT2D eigenvalue weighted by atomic mass is 31.2. The van der Waals surface area contributed by atoms with E-state index in [9.17, 15) is 9.59 Å². The van der Waals surface area contributed by atoms with Gasteiger partial charge < -0.3 is 14.0 Å². The number of ether oxygens (including phenoxy) is 2. The van der Waals surface area contributed by atoms with Crippen LogP contribution in [0.15, 0.2) is 103 Å². The van der Waals surface area contributed by atoms with Gasteiger partial charge in [-0.1, -0.05) is 117 Å². The normalized spacial score (nSPS) is 12.3. The Hall–Kier alpha value is -4.21. The van der Waals surface area contributed by atoms with Crippen molar-refractivity contribution in [2.45, 2.75) is 31.8 Å². The van der Waals surface area contributed by atoms with Crippen LogP contribution in [0.25, 0.3) is 21.5 Å². The Balaban J connectivity index is 1.97. The first-order chi connectivity index (χ1) is 19.9. The standard InChI is InChI=1S/C35H33O5P/c1-4-5-20-31(41(38,25-15-8-6-9-16-25)26-17-10-7-11-18-26)30-23-29-27-19-13-12-14-24(27)21-22-28(29)32(34(36)39-2)33(30)35(37)40-3/h6-19,21-23,31H,4-5,20H2,1-3H3. The summed E-state index contributed by atoms with van der Waals surface area (Å²) in [5.41, 5.74) is 0.167. The second kappa shape index (κ2) is 12.1. The van der Waals surface area contributed by atoms with E-state index in [1.165, 1.54) is 14.2 Å². The molecule has 5 aromatic carbocycles. The summed E-state index contributed by atoms with van der Waals surface area (Å²) < 4.78 is 26.3. The SMILES string of the molecule is CCCCC(c1cc2c(ccc3ccccc32)c(C(=O)OC)c1C(=O)OC)P(=O)(c1ccccc1)c1ccccc1. The van der Waals surface area contributed by atoms with Gasteiger partial charge in [0.15, 0.2) is 0 Å². The van der Waals surface area contributed by atoms with Gasteiger partial charge in [0.1, 0.15) is 7.14 Å². The monoisotopic (exact) mass is 564 g/mol. The molecule has 208 valence electrons. The number of methoxy groups -OCH3 is 2. The van der Waals surface area contributed by atoms with Crippen molar-refractivity contribution in [3.63, 3.8) is 0 Å². The number of hydrogen-bond donors (Lipinski definition) is 0. The van der Waals surface area contributed by atoms with Crippen LogP contribution in [0.4, 0.5) is 0 Å². The van der Waals surface area contributed by atoms with Crippen LogP contribution in [0.1, 0.15) is 58.1 Å². The molecule has 0 aliphatic carbocycles. The predicted molar refractivity (Wildman–Crippen MR) is 166 cm³/mol. The van der Waals surface area contributed by atoms with Crippen LogP contribution >= 0.6 is 7.14 Å². The van der Waals surface area contributed by atoms with Crippen LogP contribution in [0.3, 0.4) is 0 Å². The van der Waals surface area contributed by atoms with E-state index in [4.69, 9.17) is 9.47 Å². The molecule has 1 unspecified atom stereocenters. The zero-order valence-electron chi connectivity index (χ0n) is 23.5. The second-order valence-electron chi connectivity index (χ2n) is 10.1. The first-order valence-corrected chi connectivity index (χ1v) is 15.6. The molecule has 0 aliphatic heterocycles. The third-order valence-corrected chi connectivity index (χ3v) is 11.3. The Bertz CT molecular complexity index is 1720. The van der Waals surface area contributed by atoms with Crippen molar-refractivity contribution in [2.75, 3.05) is 14.2 Å². The number of benzene rings is 5. The van der Waals surface area contributed by atoms with E-state index >= 15 is 4.57 Å². The van der Waals surface area contributed by atoms with Crippen LogP contribution in [0.5, 0.6) is 0 Å². The Labute approximate surface area is 240 Å². The van der Waals surface area contributed by atoms with Crippen molar-refractivity contribution in [1.29, 1.82) is 0 Å². The minimum Gasteiger partial charge on any atom is -0.465 e. The smallest absolute Gasteiger partial charge is 0.339 e. The highest BCUT2D eigenvalue weighted by Crippen LogP contribution is 2.60. The molecule has 0 spiro atoms. The van der Waals surface area contributed by atoms with E-state index in [0.29, 0.717) is 28.0 Å². The molecule has 41 heavy (non-hydrogen) atoms. The molecule has 5 aromatic rings. The minimum absolute atomic E-state index is 0.107. The van der Waals surface area contributed by atoms with Crippen LogP contribution < -0.4 is 10.6 Å². The first-order valence-electron chi connectivity index (χ1n) is 13.8. The van der Waals surface area contributed by atoms with Crippen molar-refractivity contribution >= 4 is 51.2 Å². The molecule has 5 rings (SSSR count). The zero-order valence-corrected chi connectivity index (χ0v) is 24.4. The average Bonchev–Trinajstić information content (AvgIpc) is 3.04. The highest BCUT2D eigenvalue weighted by Gasteiger charge is 2.41. The Kier molecular flexibility index (Phi) is 8.37. The van der Waals surface area contributed by atoms with Gasteiger partial charge in [-0.3, -0.25) is 0 Å². The lowest BCUT2D eigenvalue weighted by Crippen LogP contribution is -2.24. The van der Waals surface area contributed by atoms with Gasteiger partial charge in [-0.25, -0.2) is 9.59 Å². The lowest BCUT2D eigenvalue weighted by molar-refractivity contribution is 0.0556. The van der Waals surface area contributed by atoms with Crippen molar-refractivity contribution in [3.8, 4) is 0 Å². The predicted octanol–water partition coefficient (Wildman–Crippen LogP) is 7.81. The van der Waals surface area contributed by atoms with Crippen molar-refractivity contribution in [3.05, 3.63) is 120 Å². The lowest BCUT2D eigenvalue weighted by atomic mass is 9.89. The number of hydrogen-bond acceptors (Lipinski definition) is 5. The fraction of sp³-hybridized carbons (Fsp3) is 0.200. The molecule has 0 N–H and O–H groups in total. The van der Waals surface area contributed by atoms with Gasteiger partial charge in [0.05, 0.1) is 25.3 Å². The van der Waals surface area contributed by atoms with Gasteiger partial charge in [0.2, 0.25) is 0 Å². The molecule has 6 heteroatoms. The van der Waals surface area contributed by atoms with Crippen molar-refractivity contribution in [2.24, 2.45) is 0 Å². The van der Waals surface area contributed by atoms with E-state index in [1.807, 2.05) is 103 Å². The molecule has 0 amide bonds. The summed E-state index contributed by atoms with van der Waals surface area (Å²) in [6, 6.07) is 32.5.